The van der Waals surface area contributed by atoms with E-state index in [0.717, 1.165) is 11.3 Å². The number of hydrogen-bond donors (Lipinski definition) is 0. The van der Waals surface area contributed by atoms with Gasteiger partial charge in [-0.05, 0) is 31.2 Å². The van der Waals surface area contributed by atoms with E-state index < -0.39 is 0 Å². The van der Waals surface area contributed by atoms with Crippen molar-refractivity contribution in [1.29, 1.82) is 5.26 Å². The lowest BCUT2D eigenvalue weighted by Crippen LogP contribution is -1.97. The van der Waals surface area contributed by atoms with E-state index in [-0.39, 0.29) is 0 Å². The number of methoxy groups -OCH3 is 1. The predicted octanol–water partition coefficient (Wildman–Crippen LogP) is 3.61. The molecule has 5 heteroatoms. The van der Waals surface area contributed by atoms with Gasteiger partial charge < -0.3 is 9.47 Å². The largest absolute Gasteiger partial charge is 0.497 e. The van der Waals surface area contributed by atoms with Crippen molar-refractivity contribution in [3.05, 3.63) is 53.7 Å². The number of fused-ring (bicyclic) bond motifs is 1. The van der Waals surface area contributed by atoms with Crippen molar-refractivity contribution in [2.24, 2.45) is 0 Å². The van der Waals surface area contributed by atoms with Gasteiger partial charge in [0, 0.05) is 6.07 Å². The van der Waals surface area contributed by atoms with Crippen LogP contribution in [0.1, 0.15) is 11.3 Å². The molecule has 2 aromatic carbocycles. The zero-order chi connectivity index (χ0) is 15.5. The third kappa shape index (κ3) is 2.54. The molecule has 22 heavy (non-hydrogen) atoms. The number of nitriles is 1. The van der Waals surface area contributed by atoms with Crippen molar-refractivity contribution in [2.75, 3.05) is 7.11 Å². The average molecular weight is 291 g/mol. The van der Waals surface area contributed by atoms with E-state index in [1.165, 1.54) is 0 Å². The van der Waals surface area contributed by atoms with Gasteiger partial charge in [0.1, 0.15) is 23.3 Å². The van der Waals surface area contributed by atoms with E-state index >= 15 is 0 Å². The second-order valence-electron chi connectivity index (χ2n) is 4.68. The number of aromatic nitrogens is 2. The fourth-order valence-electron chi connectivity index (χ4n) is 2.08. The topological polar surface area (TPSA) is 68.0 Å². The molecule has 3 rings (SSSR count). The molecule has 3 aromatic rings. The summed E-state index contributed by atoms with van der Waals surface area (Å²) < 4.78 is 11.0. The molecule has 0 saturated heterocycles. The Labute approximate surface area is 127 Å². The van der Waals surface area contributed by atoms with Crippen molar-refractivity contribution in [3.63, 3.8) is 0 Å². The molecule has 0 aliphatic carbocycles. The third-order valence-corrected chi connectivity index (χ3v) is 3.22. The Bertz CT molecular complexity index is 885. The van der Waals surface area contributed by atoms with Crippen molar-refractivity contribution in [2.45, 2.75) is 6.92 Å². The van der Waals surface area contributed by atoms with Gasteiger partial charge in [-0.15, -0.1) is 0 Å². The Morgan fingerprint density at radius 3 is 2.64 bits per heavy atom. The van der Waals surface area contributed by atoms with Crippen LogP contribution in [0.25, 0.3) is 11.0 Å². The molecule has 0 aliphatic heterocycles. The van der Waals surface area contributed by atoms with Gasteiger partial charge in [-0.1, -0.05) is 12.1 Å². The molecule has 0 N–H and O–H groups in total. The molecule has 1 aromatic heterocycles. The maximum Gasteiger partial charge on any atom is 0.241 e. The van der Waals surface area contributed by atoms with Crippen LogP contribution in [-0.2, 0) is 0 Å². The molecule has 0 saturated carbocycles. The van der Waals surface area contributed by atoms with Crippen LogP contribution in [0.5, 0.6) is 17.4 Å². The van der Waals surface area contributed by atoms with Crippen molar-refractivity contribution < 1.29 is 9.47 Å². The van der Waals surface area contributed by atoms with Gasteiger partial charge in [-0.25, -0.2) is 9.97 Å². The SMILES string of the molecule is COc1ccc2nc(Oc3ccccc3C#N)c(C)nc2c1. The lowest BCUT2D eigenvalue weighted by molar-refractivity contribution is 0.415. The summed E-state index contributed by atoms with van der Waals surface area (Å²) in [5.74, 6) is 1.58. The van der Waals surface area contributed by atoms with Crippen LogP contribution in [0, 0.1) is 18.3 Å². The van der Waals surface area contributed by atoms with Crippen LogP contribution in [-0.4, -0.2) is 17.1 Å². The lowest BCUT2D eigenvalue weighted by atomic mass is 10.2. The molecule has 108 valence electrons. The fraction of sp³-hybridized carbons (Fsp3) is 0.118. The van der Waals surface area contributed by atoms with Crippen molar-refractivity contribution >= 4 is 11.0 Å². The summed E-state index contributed by atoms with van der Waals surface area (Å²) in [4.78, 5) is 8.96. The highest BCUT2D eigenvalue weighted by Gasteiger charge is 2.10. The van der Waals surface area contributed by atoms with Crippen LogP contribution in [0.15, 0.2) is 42.5 Å². The Morgan fingerprint density at radius 1 is 1.05 bits per heavy atom. The molecule has 5 nitrogen and oxygen atoms in total. The second-order valence-corrected chi connectivity index (χ2v) is 4.68. The lowest BCUT2D eigenvalue weighted by Gasteiger charge is -2.10. The van der Waals surface area contributed by atoms with Crippen molar-refractivity contribution in [3.8, 4) is 23.4 Å². The molecule has 0 fully saturated rings. The number of para-hydroxylation sites is 1. The molecule has 0 amide bonds. The maximum atomic E-state index is 9.12. The molecule has 0 unspecified atom stereocenters. The number of benzene rings is 2. The first kappa shape index (κ1) is 13.8. The number of rotatable bonds is 3. The van der Waals surface area contributed by atoms with Gasteiger partial charge in [-0.2, -0.15) is 5.26 Å². The van der Waals surface area contributed by atoms with E-state index in [2.05, 4.69) is 16.0 Å². The molecule has 0 atom stereocenters. The summed E-state index contributed by atoms with van der Waals surface area (Å²) in [6.45, 7) is 1.82. The molecule has 0 spiro atoms. The van der Waals surface area contributed by atoms with Crippen LogP contribution in [0.3, 0.4) is 0 Å². The normalized spacial score (nSPS) is 10.2. The molecular weight excluding hydrogens is 278 g/mol. The summed E-state index contributed by atoms with van der Waals surface area (Å²) in [6.07, 6.45) is 0. The van der Waals surface area contributed by atoms with Crippen molar-refractivity contribution in [1.82, 2.24) is 9.97 Å². The first-order valence-electron chi connectivity index (χ1n) is 6.70. The molecule has 0 bridgehead atoms. The van der Waals surface area contributed by atoms with Crippen LogP contribution in [0.4, 0.5) is 0 Å². The Balaban J connectivity index is 2.04. The van der Waals surface area contributed by atoms with E-state index in [0.29, 0.717) is 28.4 Å². The van der Waals surface area contributed by atoms with Crippen LogP contribution in [0.2, 0.25) is 0 Å². The number of nitrogens with zero attached hydrogens (tertiary/aromatic N) is 3. The van der Waals surface area contributed by atoms with Gasteiger partial charge in [0.15, 0.2) is 0 Å². The summed E-state index contributed by atoms with van der Waals surface area (Å²) in [6, 6.07) is 14.6. The monoisotopic (exact) mass is 291 g/mol. The quantitative estimate of drug-likeness (QED) is 0.737. The van der Waals surface area contributed by atoms with Gasteiger partial charge in [0.05, 0.1) is 23.7 Å². The smallest absolute Gasteiger partial charge is 0.241 e. The van der Waals surface area contributed by atoms with Gasteiger partial charge >= 0.3 is 0 Å². The first-order valence-corrected chi connectivity index (χ1v) is 6.70. The highest BCUT2D eigenvalue weighted by atomic mass is 16.5. The number of hydrogen-bond acceptors (Lipinski definition) is 5. The fourth-order valence-corrected chi connectivity index (χ4v) is 2.08. The summed E-state index contributed by atoms with van der Waals surface area (Å²) in [5.41, 5.74) is 2.54. The van der Waals surface area contributed by atoms with E-state index in [4.69, 9.17) is 14.7 Å². The summed E-state index contributed by atoms with van der Waals surface area (Å²) >= 11 is 0. The van der Waals surface area contributed by atoms with Gasteiger partial charge in [0.2, 0.25) is 5.88 Å². The number of ether oxygens (including phenoxy) is 2. The molecular formula is C17H13N3O2. The van der Waals surface area contributed by atoms with Crippen LogP contribution < -0.4 is 9.47 Å². The van der Waals surface area contributed by atoms with E-state index in [1.54, 1.807) is 25.3 Å². The molecule has 1 heterocycles. The van der Waals surface area contributed by atoms with Gasteiger partial charge in [0.25, 0.3) is 0 Å². The standard InChI is InChI=1S/C17H13N3O2/c1-11-17(22-16-6-4-3-5-12(16)10-18)20-14-8-7-13(21-2)9-15(14)19-11/h3-9H,1-2H3. The minimum absolute atomic E-state index is 0.389. The summed E-state index contributed by atoms with van der Waals surface area (Å²) in [5, 5.41) is 9.12. The molecule has 0 aliphatic rings. The van der Waals surface area contributed by atoms with Gasteiger partial charge in [-0.3, -0.25) is 0 Å². The zero-order valence-corrected chi connectivity index (χ0v) is 12.2. The third-order valence-electron chi connectivity index (χ3n) is 3.22. The van der Waals surface area contributed by atoms with E-state index in [9.17, 15) is 0 Å². The first-order chi connectivity index (χ1) is 10.7. The average Bonchev–Trinajstić information content (AvgIpc) is 2.55. The highest BCUT2D eigenvalue weighted by molar-refractivity contribution is 5.76. The number of aryl methyl sites for hydroxylation is 1. The zero-order valence-electron chi connectivity index (χ0n) is 12.2. The highest BCUT2D eigenvalue weighted by Crippen LogP contribution is 2.27. The van der Waals surface area contributed by atoms with E-state index in [1.807, 2.05) is 31.2 Å². The Hall–Kier alpha value is -3.13. The predicted molar refractivity (Wildman–Crippen MR) is 82.1 cm³/mol. The minimum Gasteiger partial charge on any atom is -0.497 e. The Kier molecular flexibility index (Phi) is 3.58. The minimum atomic E-state index is 0.389. The molecule has 0 radical (unpaired) electrons. The second kappa shape index (κ2) is 5.70. The summed E-state index contributed by atoms with van der Waals surface area (Å²) in [7, 11) is 1.61. The Morgan fingerprint density at radius 2 is 1.86 bits per heavy atom. The maximum absolute atomic E-state index is 9.12. The van der Waals surface area contributed by atoms with Crippen LogP contribution >= 0.6 is 0 Å².